The molecule has 0 amide bonds. The first-order valence-corrected chi connectivity index (χ1v) is 6.36. The maximum absolute atomic E-state index is 5.09. The molecule has 2 rings (SSSR count). The Morgan fingerprint density at radius 2 is 2.17 bits per heavy atom. The Morgan fingerprint density at radius 1 is 1.33 bits per heavy atom. The van der Waals surface area contributed by atoms with Gasteiger partial charge in [0.25, 0.3) is 0 Å². The van der Waals surface area contributed by atoms with E-state index in [2.05, 4.69) is 36.1 Å². The minimum absolute atomic E-state index is 0.376. The molecule has 4 nitrogen and oxygen atoms in total. The first kappa shape index (κ1) is 12.6. The zero-order valence-corrected chi connectivity index (χ0v) is 11.1. The van der Waals surface area contributed by atoms with Crippen LogP contribution in [0.15, 0.2) is 29.1 Å². The van der Waals surface area contributed by atoms with Gasteiger partial charge >= 0.3 is 0 Å². The molecule has 2 heterocycles. The van der Waals surface area contributed by atoms with Gasteiger partial charge in [0.1, 0.15) is 12.1 Å². The summed E-state index contributed by atoms with van der Waals surface area (Å²) in [5.74, 6) is 1.97. The van der Waals surface area contributed by atoms with E-state index in [1.807, 2.05) is 12.1 Å². The van der Waals surface area contributed by atoms with Crippen LogP contribution in [0.2, 0.25) is 0 Å². The van der Waals surface area contributed by atoms with Crippen LogP contribution in [0.25, 0.3) is 11.4 Å². The molecule has 0 aliphatic carbocycles. The number of nitrogens with one attached hydrogen (secondary N) is 1. The Morgan fingerprint density at radius 3 is 2.78 bits per heavy atom. The van der Waals surface area contributed by atoms with Gasteiger partial charge < -0.3 is 9.73 Å². The highest BCUT2D eigenvalue weighted by atomic mass is 16.3. The van der Waals surface area contributed by atoms with E-state index in [1.54, 1.807) is 12.5 Å². The van der Waals surface area contributed by atoms with Crippen LogP contribution in [0.5, 0.6) is 0 Å². The second-order valence-corrected chi connectivity index (χ2v) is 4.60. The number of furan rings is 1. The molecule has 0 fully saturated rings. The zero-order chi connectivity index (χ0) is 13.0. The molecule has 0 aliphatic rings. The van der Waals surface area contributed by atoms with Gasteiger partial charge in [-0.25, -0.2) is 9.97 Å². The lowest BCUT2D eigenvalue weighted by atomic mass is 10.1. The van der Waals surface area contributed by atoms with Gasteiger partial charge in [-0.05, 0) is 18.4 Å². The van der Waals surface area contributed by atoms with Crippen molar-refractivity contribution in [3.63, 3.8) is 0 Å². The molecule has 4 heteroatoms. The lowest BCUT2D eigenvalue weighted by Gasteiger charge is -2.10. The quantitative estimate of drug-likeness (QED) is 0.873. The van der Waals surface area contributed by atoms with Crippen molar-refractivity contribution in [3.8, 4) is 11.4 Å². The van der Waals surface area contributed by atoms with Crippen LogP contribution in [0.3, 0.4) is 0 Å². The summed E-state index contributed by atoms with van der Waals surface area (Å²) in [5.41, 5.74) is 1.96. The third kappa shape index (κ3) is 2.88. The predicted octanol–water partition coefficient (Wildman–Crippen LogP) is 3.68. The SMILES string of the molecule is CCCNc1cc(C(C)C)nc(-c2ccoc2)n1. The van der Waals surface area contributed by atoms with E-state index in [1.165, 1.54) is 0 Å². The summed E-state index contributed by atoms with van der Waals surface area (Å²) in [6.07, 6.45) is 4.38. The minimum Gasteiger partial charge on any atom is -0.472 e. The van der Waals surface area contributed by atoms with Crippen molar-refractivity contribution < 1.29 is 4.42 Å². The molecule has 1 N–H and O–H groups in total. The Balaban J connectivity index is 2.36. The van der Waals surface area contributed by atoms with Crippen molar-refractivity contribution in [2.24, 2.45) is 0 Å². The van der Waals surface area contributed by atoms with Crippen LogP contribution in [-0.4, -0.2) is 16.5 Å². The Kier molecular flexibility index (Phi) is 3.97. The van der Waals surface area contributed by atoms with Crippen LogP contribution in [-0.2, 0) is 0 Å². The second-order valence-electron chi connectivity index (χ2n) is 4.60. The van der Waals surface area contributed by atoms with Gasteiger partial charge in [-0.1, -0.05) is 20.8 Å². The largest absolute Gasteiger partial charge is 0.472 e. The molecule has 2 aromatic heterocycles. The summed E-state index contributed by atoms with van der Waals surface area (Å²) in [6.45, 7) is 7.31. The Hall–Kier alpha value is -1.84. The molecular weight excluding hydrogens is 226 g/mol. The standard InChI is InChI=1S/C14H19N3O/c1-4-6-15-13-8-12(10(2)3)16-14(17-13)11-5-7-18-9-11/h5,7-10H,4,6H2,1-3H3,(H,15,16,17). The highest BCUT2D eigenvalue weighted by Crippen LogP contribution is 2.22. The van der Waals surface area contributed by atoms with Crippen molar-refractivity contribution in [1.82, 2.24) is 9.97 Å². The van der Waals surface area contributed by atoms with E-state index in [9.17, 15) is 0 Å². The van der Waals surface area contributed by atoms with Gasteiger partial charge in [0, 0.05) is 18.3 Å². The molecule has 0 aromatic carbocycles. The lowest BCUT2D eigenvalue weighted by Crippen LogP contribution is -2.06. The molecule has 0 spiro atoms. The first-order valence-electron chi connectivity index (χ1n) is 6.36. The van der Waals surface area contributed by atoms with Crippen LogP contribution in [0.1, 0.15) is 38.8 Å². The fourth-order valence-corrected chi connectivity index (χ4v) is 1.63. The van der Waals surface area contributed by atoms with Crippen molar-refractivity contribution >= 4 is 5.82 Å². The average Bonchev–Trinajstić information content (AvgIpc) is 2.89. The Labute approximate surface area is 107 Å². The van der Waals surface area contributed by atoms with Gasteiger partial charge in [-0.15, -0.1) is 0 Å². The summed E-state index contributed by atoms with van der Waals surface area (Å²) in [5, 5.41) is 3.31. The van der Waals surface area contributed by atoms with Crippen LogP contribution in [0.4, 0.5) is 5.82 Å². The van der Waals surface area contributed by atoms with Crippen molar-refractivity contribution in [1.29, 1.82) is 0 Å². The molecule has 96 valence electrons. The summed E-state index contributed by atoms with van der Waals surface area (Å²) in [6, 6.07) is 3.90. The maximum Gasteiger partial charge on any atom is 0.165 e. The number of anilines is 1. The fourth-order valence-electron chi connectivity index (χ4n) is 1.63. The normalized spacial score (nSPS) is 10.9. The molecular formula is C14H19N3O. The van der Waals surface area contributed by atoms with E-state index in [-0.39, 0.29) is 0 Å². The molecule has 18 heavy (non-hydrogen) atoms. The van der Waals surface area contributed by atoms with E-state index in [0.29, 0.717) is 11.7 Å². The summed E-state index contributed by atoms with van der Waals surface area (Å²) in [7, 11) is 0. The molecule has 0 bridgehead atoms. The monoisotopic (exact) mass is 245 g/mol. The van der Waals surface area contributed by atoms with Gasteiger partial charge in [0.15, 0.2) is 5.82 Å². The molecule has 0 radical (unpaired) electrons. The molecule has 0 atom stereocenters. The molecule has 0 saturated carbocycles. The summed E-state index contributed by atoms with van der Waals surface area (Å²) >= 11 is 0. The van der Waals surface area contributed by atoms with E-state index in [0.717, 1.165) is 30.0 Å². The highest BCUT2D eigenvalue weighted by Gasteiger charge is 2.10. The van der Waals surface area contributed by atoms with Crippen molar-refractivity contribution in [2.75, 3.05) is 11.9 Å². The number of rotatable bonds is 5. The molecule has 2 aromatic rings. The third-order valence-corrected chi connectivity index (χ3v) is 2.67. The van der Waals surface area contributed by atoms with E-state index in [4.69, 9.17) is 4.42 Å². The molecule has 0 aliphatic heterocycles. The van der Waals surface area contributed by atoms with Gasteiger partial charge in [-0.3, -0.25) is 0 Å². The van der Waals surface area contributed by atoms with E-state index >= 15 is 0 Å². The maximum atomic E-state index is 5.09. The second kappa shape index (κ2) is 5.67. The van der Waals surface area contributed by atoms with E-state index < -0.39 is 0 Å². The van der Waals surface area contributed by atoms with Crippen LogP contribution in [0, 0.1) is 0 Å². The fraction of sp³-hybridized carbons (Fsp3) is 0.429. The number of hydrogen-bond acceptors (Lipinski definition) is 4. The van der Waals surface area contributed by atoms with Gasteiger partial charge in [0.2, 0.25) is 0 Å². The number of hydrogen-bond donors (Lipinski definition) is 1. The summed E-state index contributed by atoms with van der Waals surface area (Å²) < 4.78 is 5.09. The summed E-state index contributed by atoms with van der Waals surface area (Å²) in [4.78, 5) is 9.09. The van der Waals surface area contributed by atoms with Crippen LogP contribution >= 0.6 is 0 Å². The van der Waals surface area contributed by atoms with Gasteiger partial charge in [0.05, 0.1) is 11.8 Å². The van der Waals surface area contributed by atoms with Gasteiger partial charge in [-0.2, -0.15) is 0 Å². The number of nitrogens with zero attached hydrogens (tertiary/aromatic N) is 2. The zero-order valence-electron chi connectivity index (χ0n) is 11.1. The Bertz CT molecular complexity index is 492. The molecule has 0 saturated heterocycles. The lowest BCUT2D eigenvalue weighted by molar-refractivity contribution is 0.568. The topological polar surface area (TPSA) is 51.0 Å². The van der Waals surface area contributed by atoms with Crippen molar-refractivity contribution in [3.05, 3.63) is 30.4 Å². The third-order valence-electron chi connectivity index (χ3n) is 2.67. The highest BCUT2D eigenvalue weighted by molar-refractivity contribution is 5.56. The average molecular weight is 245 g/mol. The smallest absolute Gasteiger partial charge is 0.165 e. The van der Waals surface area contributed by atoms with Crippen LogP contribution < -0.4 is 5.32 Å². The van der Waals surface area contributed by atoms with Crippen molar-refractivity contribution in [2.45, 2.75) is 33.1 Å². The predicted molar refractivity (Wildman–Crippen MR) is 72.6 cm³/mol. The first-order chi connectivity index (χ1) is 8.70. The minimum atomic E-state index is 0.376. The number of aromatic nitrogens is 2. The molecule has 0 unspecified atom stereocenters.